The highest BCUT2D eigenvalue weighted by atomic mass is 32.2. The van der Waals surface area contributed by atoms with Crippen LogP contribution in [0.2, 0.25) is 0 Å². The van der Waals surface area contributed by atoms with Gasteiger partial charge < -0.3 is 11.1 Å². The van der Waals surface area contributed by atoms with Crippen molar-refractivity contribution in [1.82, 2.24) is 10.0 Å². The molecule has 1 fully saturated rings. The summed E-state index contributed by atoms with van der Waals surface area (Å²) in [4.78, 5) is 12.4. The van der Waals surface area contributed by atoms with Crippen LogP contribution in [0, 0.1) is 5.92 Å². The van der Waals surface area contributed by atoms with Gasteiger partial charge in [-0.3, -0.25) is 4.79 Å². The molecule has 0 bridgehead atoms. The van der Waals surface area contributed by atoms with Crippen LogP contribution < -0.4 is 15.8 Å². The highest BCUT2D eigenvalue weighted by molar-refractivity contribution is 7.89. The first-order valence-corrected chi connectivity index (χ1v) is 10.2. The minimum absolute atomic E-state index is 0.0528. The molecule has 4 N–H and O–H groups in total. The predicted octanol–water partition coefficient (Wildman–Crippen LogP) is 1.37. The van der Waals surface area contributed by atoms with Crippen molar-refractivity contribution >= 4 is 15.9 Å². The summed E-state index contributed by atoms with van der Waals surface area (Å²) < 4.78 is 25.4. The monoisotopic (exact) mass is 353 g/mol. The van der Waals surface area contributed by atoms with E-state index in [9.17, 15) is 13.2 Å². The molecule has 1 aliphatic carbocycles. The van der Waals surface area contributed by atoms with Crippen molar-refractivity contribution in [3.8, 4) is 0 Å². The van der Waals surface area contributed by atoms with Crippen LogP contribution in [0.5, 0.6) is 0 Å². The number of sulfonamides is 1. The van der Waals surface area contributed by atoms with Crippen molar-refractivity contribution in [3.63, 3.8) is 0 Å². The average molecular weight is 353 g/mol. The molecular weight excluding hydrogens is 326 g/mol. The molecule has 2 atom stereocenters. The Kier molecular flexibility index (Phi) is 6.77. The van der Waals surface area contributed by atoms with Crippen molar-refractivity contribution in [2.24, 2.45) is 11.7 Å². The number of benzene rings is 1. The summed E-state index contributed by atoms with van der Waals surface area (Å²) >= 11 is 0. The van der Waals surface area contributed by atoms with Crippen LogP contribution in [0.4, 0.5) is 0 Å². The third kappa shape index (κ3) is 5.29. The third-order valence-corrected chi connectivity index (χ3v) is 5.96. The fourth-order valence-corrected chi connectivity index (χ4v) is 3.59. The van der Waals surface area contributed by atoms with Crippen molar-refractivity contribution in [3.05, 3.63) is 35.4 Å². The summed E-state index contributed by atoms with van der Waals surface area (Å²) in [5.74, 6) is 0.309. The molecule has 6 nitrogen and oxygen atoms in total. The summed E-state index contributed by atoms with van der Waals surface area (Å²) in [5.41, 5.74) is 7.20. The summed E-state index contributed by atoms with van der Waals surface area (Å²) in [7, 11) is -3.21. The maximum absolute atomic E-state index is 12.4. The van der Waals surface area contributed by atoms with Gasteiger partial charge in [-0.25, -0.2) is 13.1 Å². The molecule has 0 aromatic heterocycles. The molecular formula is C17H27N3O3S. The smallest absolute Gasteiger partial charge is 0.251 e. The van der Waals surface area contributed by atoms with E-state index < -0.39 is 10.0 Å². The molecule has 1 aliphatic rings. The van der Waals surface area contributed by atoms with E-state index in [1.165, 1.54) is 6.42 Å². The van der Waals surface area contributed by atoms with Gasteiger partial charge in [0.25, 0.3) is 5.91 Å². The maximum atomic E-state index is 12.4. The molecule has 1 aromatic rings. The van der Waals surface area contributed by atoms with Crippen molar-refractivity contribution in [2.45, 2.75) is 45.2 Å². The van der Waals surface area contributed by atoms with E-state index in [0.717, 1.165) is 24.8 Å². The number of amides is 1. The fraction of sp³-hybridized carbons (Fsp3) is 0.588. The summed E-state index contributed by atoms with van der Waals surface area (Å²) in [6.45, 7) is 2.42. The van der Waals surface area contributed by atoms with E-state index in [0.29, 0.717) is 18.0 Å². The average Bonchev–Trinajstić information content (AvgIpc) is 2.61. The van der Waals surface area contributed by atoms with Gasteiger partial charge >= 0.3 is 0 Å². The minimum atomic E-state index is -3.21. The van der Waals surface area contributed by atoms with Crippen LogP contribution in [0.3, 0.4) is 0 Å². The van der Waals surface area contributed by atoms with E-state index in [1.54, 1.807) is 31.2 Å². The molecule has 2 rings (SSSR count). The molecule has 1 amide bonds. The van der Waals surface area contributed by atoms with E-state index in [-0.39, 0.29) is 24.2 Å². The van der Waals surface area contributed by atoms with Gasteiger partial charge in [0.2, 0.25) is 10.0 Å². The first kappa shape index (κ1) is 18.9. The van der Waals surface area contributed by atoms with Gasteiger partial charge in [0.05, 0.1) is 5.75 Å². The first-order valence-electron chi connectivity index (χ1n) is 8.52. The Morgan fingerprint density at radius 3 is 2.50 bits per heavy atom. The van der Waals surface area contributed by atoms with Crippen LogP contribution in [0.15, 0.2) is 24.3 Å². The normalized spacial score (nSPS) is 21.4. The summed E-state index contributed by atoms with van der Waals surface area (Å²) in [6.07, 6.45) is 4.34. The number of hydrogen-bond acceptors (Lipinski definition) is 4. The van der Waals surface area contributed by atoms with E-state index >= 15 is 0 Å². The molecule has 2 unspecified atom stereocenters. The predicted molar refractivity (Wildman–Crippen MR) is 95.0 cm³/mol. The molecule has 7 heteroatoms. The van der Waals surface area contributed by atoms with Gasteiger partial charge in [0.1, 0.15) is 0 Å². The van der Waals surface area contributed by atoms with Crippen LogP contribution in [0.1, 0.15) is 48.5 Å². The highest BCUT2D eigenvalue weighted by Crippen LogP contribution is 2.23. The molecule has 24 heavy (non-hydrogen) atoms. The lowest BCUT2D eigenvalue weighted by atomic mass is 9.84. The van der Waals surface area contributed by atoms with E-state index in [4.69, 9.17) is 5.73 Å². The molecule has 0 saturated heterocycles. The lowest BCUT2D eigenvalue weighted by molar-refractivity contribution is 0.0908. The zero-order chi connectivity index (χ0) is 17.6. The van der Waals surface area contributed by atoms with Crippen molar-refractivity contribution < 1.29 is 13.2 Å². The molecule has 1 aromatic carbocycles. The van der Waals surface area contributed by atoms with Crippen LogP contribution in [-0.4, -0.2) is 32.7 Å². The van der Waals surface area contributed by atoms with Crippen molar-refractivity contribution in [1.29, 1.82) is 0 Å². The van der Waals surface area contributed by atoms with E-state index in [2.05, 4.69) is 10.0 Å². The summed E-state index contributed by atoms with van der Waals surface area (Å²) in [6, 6.07) is 7.14. The second kappa shape index (κ2) is 8.60. The number of nitrogens with one attached hydrogen (secondary N) is 2. The number of hydrogen-bond donors (Lipinski definition) is 3. The van der Waals surface area contributed by atoms with Crippen LogP contribution >= 0.6 is 0 Å². The fourth-order valence-electron chi connectivity index (χ4n) is 3.00. The van der Waals surface area contributed by atoms with E-state index in [1.807, 2.05) is 0 Å². The standard InChI is InChI=1S/C17H27N3O3S/c1-2-24(22,23)19-12-13-7-9-14(10-8-13)17(21)20-16-6-4-3-5-15(16)11-18/h7-10,15-16,19H,2-6,11-12,18H2,1H3,(H,20,21). The lowest BCUT2D eigenvalue weighted by Crippen LogP contribution is -2.44. The first-order chi connectivity index (χ1) is 11.4. The number of rotatable bonds is 7. The third-order valence-electron chi connectivity index (χ3n) is 4.62. The zero-order valence-electron chi connectivity index (χ0n) is 14.1. The quantitative estimate of drug-likeness (QED) is 0.689. The number of nitrogens with two attached hydrogens (primary N) is 1. The maximum Gasteiger partial charge on any atom is 0.251 e. The second-order valence-electron chi connectivity index (χ2n) is 6.28. The zero-order valence-corrected chi connectivity index (χ0v) is 14.9. The van der Waals surface area contributed by atoms with Gasteiger partial charge in [-0.05, 0) is 49.9 Å². The Morgan fingerprint density at radius 1 is 1.21 bits per heavy atom. The van der Waals surface area contributed by atoms with Gasteiger partial charge in [0.15, 0.2) is 0 Å². The van der Waals surface area contributed by atoms with Gasteiger partial charge in [-0.1, -0.05) is 25.0 Å². The van der Waals surface area contributed by atoms with Crippen molar-refractivity contribution in [2.75, 3.05) is 12.3 Å². The largest absolute Gasteiger partial charge is 0.349 e. The van der Waals surface area contributed by atoms with Crippen LogP contribution in [-0.2, 0) is 16.6 Å². The Balaban J connectivity index is 1.93. The molecule has 134 valence electrons. The lowest BCUT2D eigenvalue weighted by Gasteiger charge is -2.31. The van der Waals surface area contributed by atoms with Gasteiger partial charge in [-0.15, -0.1) is 0 Å². The van der Waals surface area contributed by atoms with Gasteiger partial charge in [0, 0.05) is 18.2 Å². The second-order valence-corrected chi connectivity index (χ2v) is 8.38. The van der Waals surface area contributed by atoms with Gasteiger partial charge in [-0.2, -0.15) is 0 Å². The highest BCUT2D eigenvalue weighted by Gasteiger charge is 2.25. The number of carbonyl (C=O) groups excluding carboxylic acids is 1. The SMILES string of the molecule is CCS(=O)(=O)NCc1ccc(C(=O)NC2CCCCC2CN)cc1. The Bertz CT molecular complexity index is 644. The molecule has 0 radical (unpaired) electrons. The van der Waals surface area contributed by atoms with Crippen LogP contribution in [0.25, 0.3) is 0 Å². The summed E-state index contributed by atoms with van der Waals surface area (Å²) in [5, 5.41) is 3.09. The topological polar surface area (TPSA) is 101 Å². The number of carbonyl (C=O) groups is 1. The molecule has 1 saturated carbocycles. The Labute approximate surface area is 144 Å². The molecule has 0 spiro atoms. The molecule has 0 heterocycles. The molecule has 0 aliphatic heterocycles. The minimum Gasteiger partial charge on any atom is -0.349 e. The Morgan fingerprint density at radius 2 is 1.88 bits per heavy atom. The Hall–Kier alpha value is -1.44.